The van der Waals surface area contributed by atoms with E-state index in [1.54, 1.807) is 0 Å². The topological polar surface area (TPSA) is 57.0 Å². The monoisotopic (exact) mass is 339 g/mol. The van der Waals surface area contributed by atoms with Crippen LogP contribution in [0.25, 0.3) is 11.0 Å². The Kier molecular flexibility index (Phi) is 4.32. The molecule has 0 radical (unpaired) electrons. The Morgan fingerprint density at radius 1 is 1.28 bits per heavy atom. The number of aromatic nitrogens is 3. The fourth-order valence-electron chi connectivity index (χ4n) is 4.02. The third-order valence-electron chi connectivity index (χ3n) is 5.45. The van der Waals surface area contributed by atoms with E-state index < -0.39 is 5.97 Å². The number of carbonyl (C=O) groups excluding carboxylic acids is 1. The van der Waals surface area contributed by atoms with Gasteiger partial charge in [-0.3, -0.25) is 0 Å². The fourth-order valence-corrected chi connectivity index (χ4v) is 4.02. The first-order valence-corrected chi connectivity index (χ1v) is 9.46. The van der Waals surface area contributed by atoms with Gasteiger partial charge in [0.25, 0.3) is 0 Å². The van der Waals surface area contributed by atoms with E-state index in [9.17, 15) is 4.79 Å². The molecule has 0 atom stereocenters. The number of carbonyl (C=O) groups is 1. The van der Waals surface area contributed by atoms with Crippen molar-refractivity contribution in [3.05, 3.63) is 30.1 Å². The third-order valence-corrected chi connectivity index (χ3v) is 5.45. The van der Waals surface area contributed by atoms with E-state index in [-0.39, 0.29) is 0 Å². The first-order valence-electron chi connectivity index (χ1n) is 9.46. The molecule has 2 fully saturated rings. The van der Waals surface area contributed by atoms with Crippen LogP contribution in [-0.4, -0.2) is 20.7 Å². The molecule has 2 heterocycles. The Morgan fingerprint density at radius 2 is 2.04 bits per heavy atom. The zero-order valence-electron chi connectivity index (χ0n) is 14.8. The summed E-state index contributed by atoms with van der Waals surface area (Å²) in [6, 6.07) is 0. The quantitative estimate of drug-likeness (QED) is 0.596. The van der Waals surface area contributed by atoms with Gasteiger partial charge in [0.2, 0.25) is 0 Å². The largest absolute Gasteiger partial charge is 0.421 e. The lowest BCUT2D eigenvalue weighted by Crippen LogP contribution is -2.14. The number of aryl methyl sites for hydroxylation is 1. The van der Waals surface area contributed by atoms with Gasteiger partial charge in [0.1, 0.15) is 0 Å². The highest BCUT2D eigenvalue weighted by molar-refractivity contribution is 5.88. The van der Waals surface area contributed by atoms with Crippen molar-refractivity contribution in [3.63, 3.8) is 0 Å². The van der Waals surface area contributed by atoms with E-state index in [0.717, 1.165) is 54.5 Å². The van der Waals surface area contributed by atoms with E-state index in [1.807, 2.05) is 10.9 Å². The summed E-state index contributed by atoms with van der Waals surface area (Å²) in [4.78, 5) is 16.9. The summed E-state index contributed by atoms with van der Waals surface area (Å²) >= 11 is 0. The number of pyridine rings is 1. The molecule has 25 heavy (non-hydrogen) atoms. The van der Waals surface area contributed by atoms with Crippen molar-refractivity contribution in [2.24, 2.45) is 0 Å². The van der Waals surface area contributed by atoms with Crippen molar-refractivity contribution >= 4 is 17.0 Å². The van der Waals surface area contributed by atoms with Crippen LogP contribution in [0.15, 0.2) is 18.9 Å². The van der Waals surface area contributed by atoms with Crippen molar-refractivity contribution in [1.29, 1.82) is 0 Å². The van der Waals surface area contributed by atoms with Gasteiger partial charge in [0.05, 0.1) is 11.9 Å². The summed E-state index contributed by atoms with van der Waals surface area (Å²) < 4.78 is 7.73. The van der Waals surface area contributed by atoms with Gasteiger partial charge in [-0.25, -0.2) is 14.5 Å². The standard InChI is InChI=1S/C20H25N3O2/c1-3-16(24)25-19-17(13-8-6-5-7-9-13)15-12-21-23(4-2)20(15)22-18(19)14-10-11-14/h3,12-14H,1,4-11H2,2H3. The Balaban J connectivity index is 1.94. The van der Waals surface area contributed by atoms with Crippen LogP contribution in [0.1, 0.15) is 75.0 Å². The first kappa shape index (κ1) is 16.3. The van der Waals surface area contributed by atoms with E-state index in [2.05, 4.69) is 18.6 Å². The van der Waals surface area contributed by atoms with Gasteiger partial charge >= 0.3 is 5.97 Å². The summed E-state index contributed by atoms with van der Waals surface area (Å²) in [5, 5.41) is 5.57. The molecule has 0 aromatic carbocycles. The molecule has 0 saturated heterocycles. The molecule has 0 N–H and O–H groups in total. The SMILES string of the molecule is C=CC(=O)Oc1c(C2CC2)nc2c(cnn2CC)c1C1CCCCC1. The molecule has 2 aliphatic carbocycles. The molecule has 132 valence electrons. The highest BCUT2D eigenvalue weighted by Gasteiger charge is 2.34. The molecule has 0 aliphatic heterocycles. The molecule has 5 nitrogen and oxygen atoms in total. The van der Waals surface area contributed by atoms with Gasteiger partial charge < -0.3 is 4.74 Å². The molecular weight excluding hydrogens is 314 g/mol. The van der Waals surface area contributed by atoms with E-state index in [1.165, 1.54) is 25.3 Å². The van der Waals surface area contributed by atoms with Gasteiger partial charge in [-0.1, -0.05) is 25.8 Å². The van der Waals surface area contributed by atoms with Gasteiger partial charge in [0, 0.05) is 29.5 Å². The molecule has 2 aromatic heterocycles. The number of ether oxygens (including phenoxy) is 1. The number of esters is 1. The predicted molar refractivity (Wildman–Crippen MR) is 96.8 cm³/mol. The summed E-state index contributed by atoms with van der Waals surface area (Å²) in [7, 11) is 0. The van der Waals surface area contributed by atoms with Crippen LogP contribution >= 0.6 is 0 Å². The molecule has 0 unspecified atom stereocenters. The maximum atomic E-state index is 12.0. The van der Waals surface area contributed by atoms with E-state index >= 15 is 0 Å². The number of nitrogens with zero attached hydrogens (tertiary/aromatic N) is 3. The third kappa shape index (κ3) is 2.96. The summed E-state index contributed by atoms with van der Waals surface area (Å²) in [6.07, 6.45) is 11.4. The van der Waals surface area contributed by atoms with Crippen LogP contribution < -0.4 is 4.74 Å². The zero-order valence-corrected chi connectivity index (χ0v) is 14.8. The number of hydrogen-bond acceptors (Lipinski definition) is 4. The fraction of sp³-hybridized carbons (Fsp3) is 0.550. The zero-order chi connectivity index (χ0) is 17.4. The number of fused-ring (bicyclic) bond motifs is 1. The second kappa shape index (κ2) is 6.62. The molecular formula is C20H25N3O2. The summed E-state index contributed by atoms with van der Waals surface area (Å²) in [5.41, 5.74) is 3.03. The van der Waals surface area contributed by atoms with Crippen LogP contribution in [0.2, 0.25) is 0 Å². The van der Waals surface area contributed by atoms with Gasteiger partial charge in [-0.05, 0) is 38.5 Å². The lowest BCUT2D eigenvalue weighted by Gasteiger charge is -2.25. The van der Waals surface area contributed by atoms with Gasteiger partial charge in [-0.15, -0.1) is 0 Å². The average molecular weight is 339 g/mol. The average Bonchev–Trinajstić information content (AvgIpc) is 3.41. The second-order valence-corrected chi connectivity index (χ2v) is 7.17. The maximum Gasteiger partial charge on any atom is 0.335 e. The van der Waals surface area contributed by atoms with Crippen molar-refractivity contribution in [1.82, 2.24) is 14.8 Å². The van der Waals surface area contributed by atoms with Crippen molar-refractivity contribution in [3.8, 4) is 5.75 Å². The minimum absolute atomic E-state index is 0.400. The smallest absolute Gasteiger partial charge is 0.335 e. The summed E-state index contributed by atoms with van der Waals surface area (Å²) in [5.74, 6) is 1.11. The molecule has 5 heteroatoms. The Bertz CT molecular complexity index is 814. The van der Waals surface area contributed by atoms with Crippen LogP contribution in [0.4, 0.5) is 0 Å². The first-order chi connectivity index (χ1) is 12.2. The molecule has 0 bridgehead atoms. The maximum absolute atomic E-state index is 12.0. The molecule has 2 saturated carbocycles. The molecule has 0 spiro atoms. The van der Waals surface area contributed by atoms with Crippen LogP contribution in [-0.2, 0) is 11.3 Å². The van der Waals surface area contributed by atoms with Gasteiger partial charge in [0.15, 0.2) is 11.4 Å². The Morgan fingerprint density at radius 3 is 2.68 bits per heavy atom. The number of hydrogen-bond donors (Lipinski definition) is 0. The lowest BCUT2D eigenvalue weighted by molar-refractivity contribution is -0.129. The molecule has 2 aliphatic rings. The highest BCUT2D eigenvalue weighted by atomic mass is 16.5. The van der Waals surface area contributed by atoms with Crippen LogP contribution in [0.3, 0.4) is 0 Å². The second-order valence-electron chi connectivity index (χ2n) is 7.17. The number of rotatable bonds is 5. The lowest BCUT2D eigenvalue weighted by atomic mass is 9.82. The molecule has 0 amide bonds. The predicted octanol–water partition coefficient (Wildman–Crippen LogP) is 4.47. The minimum Gasteiger partial charge on any atom is -0.421 e. The molecule has 2 aromatic rings. The van der Waals surface area contributed by atoms with Crippen molar-refractivity contribution < 1.29 is 9.53 Å². The highest BCUT2D eigenvalue weighted by Crippen LogP contribution is 2.49. The minimum atomic E-state index is -0.400. The Hall–Kier alpha value is -2.17. The van der Waals surface area contributed by atoms with E-state index in [4.69, 9.17) is 9.72 Å². The van der Waals surface area contributed by atoms with Crippen LogP contribution in [0.5, 0.6) is 5.75 Å². The summed E-state index contributed by atoms with van der Waals surface area (Å²) in [6.45, 7) is 6.43. The van der Waals surface area contributed by atoms with Gasteiger partial charge in [-0.2, -0.15) is 5.10 Å². The van der Waals surface area contributed by atoms with Crippen molar-refractivity contribution in [2.75, 3.05) is 0 Å². The van der Waals surface area contributed by atoms with E-state index in [0.29, 0.717) is 17.6 Å². The molecule has 4 rings (SSSR count). The normalized spacial score (nSPS) is 18.4. The Labute approximate surface area is 148 Å². The van der Waals surface area contributed by atoms with Crippen LogP contribution in [0, 0.1) is 0 Å². The van der Waals surface area contributed by atoms with Crippen molar-refractivity contribution in [2.45, 2.75) is 70.3 Å².